The van der Waals surface area contributed by atoms with Crippen LogP contribution in [0.4, 0.5) is 0 Å². The summed E-state index contributed by atoms with van der Waals surface area (Å²) in [5.41, 5.74) is 18.8. The van der Waals surface area contributed by atoms with Gasteiger partial charge >= 0.3 is 0 Å². The molecule has 0 aliphatic heterocycles. The van der Waals surface area contributed by atoms with Gasteiger partial charge in [0.15, 0.2) is 0 Å². The third-order valence-electron chi connectivity index (χ3n) is 15.6. The molecule has 1 aliphatic carbocycles. The molecule has 0 radical (unpaired) electrons. The maximum absolute atomic E-state index is 2.47. The van der Waals surface area contributed by atoms with Crippen molar-refractivity contribution in [2.45, 2.75) is 19.3 Å². The number of benzene rings is 11. The van der Waals surface area contributed by atoms with Crippen LogP contribution in [-0.4, -0.2) is 18.3 Å². The number of aromatic nitrogens is 4. The van der Waals surface area contributed by atoms with Gasteiger partial charge in [0, 0.05) is 71.5 Å². The first-order valence-corrected chi connectivity index (χ1v) is 24.7. The zero-order valence-electron chi connectivity index (χ0n) is 39.4. The van der Waals surface area contributed by atoms with E-state index in [1.54, 1.807) is 0 Å². The van der Waals surface area contributed by atoms with Gasteiger partial charge in [-0.1, -0.05) is 147 Å². The van der Waals surface area contributed by atoms with Gasteiger partial charge < -0.3 is 18.3 Å². The molecule has 71 heavy (non-hydrogen) atoms. The first kappa shape index (κ1) is 39.8. The Morgan fingerprint density at radius 3 is 1.55 bits per heavy atom. The van der Waals surface area contributed by atoms with Gasteiger partial charge in [0.2, 0.25) is 0 Å². The summed E-state index contributed by atoms with van der Waals surface area (Å²) in [6.07, 6.45) is 0. The summed E-state index contributed by atoms with van der Waals surface area (Å²) in [5.74, 6) is 0. The van der Waals surface area contributed by atoms with Crippen molar-refractivity contribution in [3.63, 3.8) is 0 Å². The highest BCUT2D eigenvalue weighted by molar-refractivity contribution is 6.13. The zero-order valence-corrected chi connectivity index (χ0v) is 39.4. The lowest BCUT2D eigenvalue weighted by atomic mass is 9.82. The molecule has 334 valence electrons. The number of hydrogen-bond acceptors (Lipinski definition) is 0. The summed E-state index contributed by atoms with van der Waals surface area (Å²) in [6, 6.07) is 90.3. The van der Waals surface area contributed by atoms with E-state index < -0.39 is 0 Å². The minimum atomic E-state index is -0.140. The summed E-state index contributed by atoms with van der Waals surface area (Å²) in [4.78, 5) is 0. The molecular formula is C67H46N4. The van der Waals surface area contributed by atoms with Crippen LogP contribution in [0.1, 0.15) is 25.0 Å². The van der Waals surface area contributed by atoms with Crippen molar-refractivity contribution >= 4 is 87.2 Å². The fourth-order valence-corrected chi connectivity index (χ4v) is 12.3. The van der Waals surface area contributed by atoms with Gasteiger partial charge in [0.1, 0.15) is 0 Å². The lowest BCUT2D eigenvalue weighted by Gasteiger charge is -2.22. The van der Waals surface area contributed by atoms with Gasteiger partial charge in [-0.15, -0.1) is 0 Å². The standard InChI is InChI=1S/C67H46N4/c1-67(2)60-26-10-8-24-54(60)55-33-29-51(41-61(55)67)68-47-21-12-17-44(37-47)45-18-13-22-48(38-45)69(50-32-36-65-59(40-50)58-39-49(68)31-35-64(58)70(65)46-19-4-3-5-20-46)52-30-34-57-56-25-9-11-27-63(56)71(66(57)42-52)62-28-14-16-43-15-6-7-23-53(43)62/h3-42H,1-2H3. The van der Waals surface area contributed by atoms with Crippen LogP contribution in [0.5, 0.6) is 0 Å². The minimum absolute atomic E-state index is 0.140. The second-order valence-electron chi connectivity index (χ2n) is 19.8. The Labute approximate surface area is 410 Å². The van der Waals surface area contributed by atoms with Crippen LogP contribution in [-0.2, 0) is 5.41 Å². The molecule has 4 nitrogen and oxygen atoms in total. The van der Waals surface area contributed by atoms with Crippen molar-refractivity contribution in [1.82, 2.24) is 18.3 Å². The number of nitrogens with zero attached hydrogens (tertiary/aromatic N) is 4. The second kappa shape index (κ2) is 14.9. The Hall–Kier alpha value is -9.12. The molecule has 0 atom stereocenters. The highest BCUT2D eigenvalue weighted by atomic mass is 15.0. The topological polar surface area (TPSA) is 19.7 Å². The van der Waals surface area contributed by atoms with Crippen molar-refractivity contribution in [2.24, 2.45) is 0 Å². The van der Waals surface area contributed by atoms with Gasteiger partial charge in [-0.3, -0.25) is 0 Å². The molecule has 0 saturated carbocycles. The molecule has 0 fully saturated rings. The van der Waals surface area contributed by atoms with Gasteiger partial charge in [-0.2, -0.15) is 0 Å². The van der Waals surface area contributed by atoms with Gasteiger partial charge in [0.05, 0.1) is 27.8 Å². The van der Waals surface area contributed by atoms with E-state index in [1.165, 1.54) is 65.8 Å². The van der Waals surface area contributed by atoms with E-state index in [0.29, 0.717) is 0 Å². The summed E-state index contributed by atoms with van der Waals surface area (Å²) in [5, 5.41) is 9.58. The highest BCUT2D eigenvalue weighted by Gasteiger charge is 2.35. The Kier molecular flexibility index (Phi) is 8.38. The molecule has 0 unspecified atom stereocenters. The monoisotopic (exact) mass is 906 g/mol. The Morgan fingerprint density at radius 1 is 0.268 bits per heavy atom. The van der Waals surface area contributed by atoms with Crippen molar-refractivity contribution < 1.29 is 0 Å². The molecule has 8 bridgehead atoms. The van der Waals surface area contributed by atoms with E-state index in [1.807, 2.05) is 0 Å². The van der Waals surface area contributed by atoms with Crippen LogP contribution in [0.2, 0.25) is 0 Å². The highest BCUT2D eigenvalue weighted by Crippen LogP contribution is 2.49. The molecule has 3 heterocycles. The lowest BCUT2D eigenvalue weighted by Crippen LogP contribution is -2.15. The van der Waals surface area contributed by atoms with Gasteiger partial charge in [-0.05, 0) is 148 Å². The molecule has 0 spiro atoms. The van der Waals surface area contributed by atoms with Crippen LogP contribution < -0.4 is 0 Å². The summed E-state index contributed by atoms with van der Waals surface area (Å²) in [6.45, 7) is 4.73. The maximum Gasteiger partial charge on any atom is 0.0562 e. The maximum atomic E-state index is 2.47. The number of para-hydroxylation sites is 2. The summed E-state index contributed by atoms with van der Waals surface area (Å²) < 4.78 is 9.81. The van der Waals surface area contributed by atoms with E-state index in [4.69, 9.17) is 0 Å². The van der Waals surface area contributed by atoms with Crippen LogP contribution in [0.3, 0.4) is 0 Å². The van der Waals surface area contributed by atoms with Crippen LogP contribution >= 0.6 is 0 Å². The first-order valence-electron chi connectivity index (χ1n) is 24.7. The molecular weight excluding hydrogens is 861 g/mol. The second-order valence-corrected chi connectivity index (χ2v) is 19.8. The van der Waals surface area contributed by atoms with Crippen molar-refractivity contribution in [3.05, 3.63) is 254 Å². The number of fused-ring (bicyclic) bond motifs is 14. The number of rotatable bonds is 4. The molecule has 0 amide bonds. The van der Waals surface area contributed by atoms with E-state index in [2.05, 4.69) is 275 Å². The summed E-state index contributed by atoms with van der Waals surface area (Å²) in [7, 11) is 0. The van der Waals surface area contributed by atoms with Crippen LogP contribution in [0.25, 0.3) is 121 Å². The molecule has 0 N–H and O–H groups in total. The summed E-state index contributed by atoms with van der Waals surface area (Å²) >= 11 is 0. The number of hydrogen-bond donors (Lipinski definition) is 0. The third-order valence-corrected chi connectivity index (χ3v) is 15.6. The smallest absolute Gasteiger partial charge is 0.0562 e. The Morgan fingerprint density at radius 2 is 0.803 bits per heavy atom. The molecule has 1 aliphatic rings. The predicted octanol–water partition coefficient (Wildman–Crippen LogP) is 17.5. The minimum Gasteiger partial charge on any atom is -0.310 e. The fourth-order valence-electron chi connectivity index (χ4n) is 12.3. The lowest BCUT2D eigenvalue weighted by molar-refractivity contribution is 0.660. The molecule has 3 aromatic heterocycles. The quantitative estimate of drug-likeness (QED) is 0.168. The largest absolute Gasteiger partial charge is 0.310 e. The molecule has 0 saturated heterocycles. The van der Waals surface area contributed by atoms with E-state index in [-0.39, 0.29) is 5.41 Å². The van der Waals surface area contributed by atoms with E-state index >= 15 is 0 Å². The van der Waals surface area contributed by atoms with Crippen LogP contribution in [0, 0.1) is 0 Å². The fraction of sp³-hybridized carbons (Fsp3) is 0.0448. The van der Waals surface area contributed by atoms with E-state index in [9.17, 15) is 0 Å². The Balaban J connectivity index is 1.06. The molecule has 15 rings (SSSR count). The molecule has 11 aromatic carbocycles. The molecule has 4 heteroatoms. The van der Waals surface area contributed by atoms with Crippen molar-refractivity contribution in [1.29, 1.82) is 0 Å². The van der Waals surface area contributed by atoms with Crippen LogP contribution in [0.15, 0.2) is 243 Å². The van der Waals surface area contributed by atoms with Crippen molar-refractivity contribution in [3.8, 4) is 33.9 Å². The Bertz CT molecular complexity index is 4610. The van der Waals surface area contributed by atoms with Crippen molar-refractivity contribution in [2.75, 3.05) is 0 Å². The third kappa shape index (κ3) is 5.85. The first-order chi connectivity index (χ1) is 35.0. The SMILES string of the molecule is CC1(C)c2ccccc2-c2ccc(-n3c4cccc(c4)c4cccc(c4)n(-c4ccc5c6ccccc6n(-c6cccc7ccccc67)c5c4)c4ccc5c(c4)c4cc3ccc4n5-c3ccccc3)cc21. The van der Waals surface area contributed by atoms with E-state index in [0.717, 1.165) is 66.5 Å². The zero-order chi connectivity index (χ0) is 47.0. The normalized spacial score (nSPS) is 13.0. The average molecular weight is 907 g/mol. The predicted molar refractivity (Wildman–Crippen MR) is 299 cm³/mol. The average Bonchev–Trinajstić information content (AvgIpc) is 4.01. The van der Waals surface area contributed by atoms with Gasteiger partial charge in [-0.25, -0.2) is 0 Å². The van der Waals surface area contributed by atoms with Gasteiger partial charge in [0.25, 0.3) is 0 Å². The molecule has 14 aromatic rings.